The first-order valence-corrected chi connectivity index (χ1v) is 5.21. The topological polar surface area (TPSA) is 29.1 Å². The molecule has 0 aliphatic carbocycles. The van der Waals surface area contributed by atoms with Crippen LogP contribution >= 0.6 is 11.6 Å². The number of carbonyl (C=O) groups is 1. The number of alkyl halides is 4. The highest BCUT2D eigenvalue weighted by Gasteiger charge is 2.28. The molecule has 0 aromatic rings. The fraction of sp³-hybridized carbons (Fsp3) is 0.889. The molecule has 0 radical (unpaired) electrons. The van der Waals surface area contributed by atoms with Gasteiger partial charge in [0.25, 0.3) is 0 Å². The van der Waals surface area contributed by atoms with Crippen molar-refractivity contribution in [2.24, 2.45) is 5.92 Å². The third-order valence-electron chi connectivity index (χ3n) is 2.12. The van der Waals surface area contributed by atoms with Crippen LogP contribution < -0.4 is 5.32 Å². The second-order valence-electron chi connectivity index (χ2n) is 3.60. The normalized spacial score (nSPS) is 15.9. The number of rotatable bonds is 5. The summed E-state index contributed by atoms with van der Waals surface area (Å²) in [6, 6.07) is -0.205. The number of halogens is 4. The Labute approximate surface area is 92.2 Å². The van der Waals surface area contributed by atoms with Gasteiger partial charge in [-0.15, -0.1) is 11.6 Å². The molecule has 15 heavy (non-hydrogen) atoms. The van der Waals surface area contributed by atoms with Crippen LogP contribution in [0.25, 0.3) is 0 Å². The molecule has 0 heterocycles. The molecule has 0 aromatic carbocycles. The van der Waals surface area contributed by atoms with Crippen molar-refractivity contribution in [3.05, 3.63) is 0 Å². The Balaban J connectivity index is 3.84. The Morgan fingerprint density at radius 3 is 2.33 bits per heavy atom. The Kier molecular flexibility index (Phi) is 6.02. The van der Waals surface area contributed by atoms with Gasteiger partial charge in [-0.05, 0) is 12.8 Å². The van der Waals surface area contributed by atoms with Crippen molar-refractivity contribution in [2.75, 3.05) is 5.88 Å². The standard InChI is InChI=1S/C9H15ClF3NO/c1-6(5-10)7(2)14-8(15)3-4-9(11,12)13/h6-7H,3-5H2,1-2H3,(H,14,15). The van der Waals surface area contributed by atoms with Gasteiger partial charge in [0.2, 0.25) is 5.91 Å². The van der Waals surface area contributed by atoms with Crippen molar-refractivity contribution in [2.45, 2.75) is 38.9 Å². The first-order chi connectivity index (χ1) is 6.76. The summed E-state index contributed by atoms with van der Waals surface area (Å²) in [6.07, 6.45) is -5.89. The van der Waals surface area contributed by atoms with Gasteiger partial charge < -0.3 is 5.32 Å². The van der Waals surface area contributed by atoms with Gasteiger partial charge in [0, 0.05) is 18.3 Å². The van der Waals surface area contributed by atoms with Crippen molar-refractivity contribution < 1.29 is 18.0 Å². The zero-order chi connectivity index (χ0) is 12.1. The van der Waals surface area contributed by atoms with E-state index in [4.69, 9.17) is 11.6 Å². The minimum absolute atomic E-state index is 0.0431. The summed E-state index contributed by atoms with van der Waals surface area (Å²) in [5.74, 6) is -0.181. The highest BCUT2D eigenvalue weighted by atomic mass is 35.5. The van der Waals surface area contributed by atoms with E-state index in [1.54, 1.807) is 6.92 Å². The molecule has 0 aliphatic rings. The molecule has 6 heteroatoms. The van der Waals surface area contributed by atoms with Gasteiger partial charge in [-0.3, -0.25) is 4.79 Å². The van der Waals surface area contributed by atoms with Crippen LogP contribution in [0.15, 0.2) is 0 Å². The maximum atomic E-state index is 11.8. The molecule has 0 fully saturated rings. The lowest BCUT2D eigenvalue weighted by Crippen LogP contribution is -2.38. The van der Waals surface area contributed by atoms with Crippen LogP contribution in [0, 0.1) is 5.92 Å². The summed E-state index contributed by atoms with van der Waals surface area (Å²) in [5, 5.41) is 2.48. The van der Waals surface area contributed by atoms with Crippen molar-refractivity contribution in [3.63, 3.8) is 0 Å². The molecule has 0 saturated carbocycles. The van der Waals surface area contributed by atoms with E-state index in [-0.39, 0.29) is 12.0 Å². The van der Waals surface area contributed by atoms with Gasteiger partial charge >= 0.3 is 6.18 Å². The smallest absolute Gasteiger partial charge is 0.353 e. The zero-order valence-corrected chi connectivity index (χ0v) is 9.45. The Morgan fingerprint density at radius 1 is 1.40 bits per heavy atom. The predicted molar refractivity (Wildman–Crippen MR) is 52.8 cm³/mol. The van der Waals surface area contributed by atoms with Crippen LogP contribution in [0.5, 0.6) is 0 Å². The van der Waals surface area contributed by atoms with E-state index in [1.165, 1.54) is 0 Å². The molecular weight excluding hydrogens is 231 g/mol. The highest BCUT2D eigenvalue weighted by molar-refractivity contribution is 6.18. The molecule has 90 valence electrons. The fourth-order valence-electron chi connectivity index (χ4n) is 0.857. The van der Waals surface area contributed by atoms with E-state index in [0.29, 0.717) is 5.88 Å². The van der Waals surface area contributed by atoms with Gasteiger partial charge in [0.05, 0.1) is 6.42 Å². The summed E-state index contributed by atoms with van der Waals surface area (Å²) in [5.41, 5.74) is 0. The molecule has 2 nitrogen and oxygen atoms in total. The fourth-order valence-corrected chi connectivity index (χ4v) is 1.12. The number of hydrogen-bond donors (Lipinski definition) is 1. The van der Waals surface area contributed by atoms with Gasteiger partial charge in [-0.25, -0.2) is 0 Å². The number of amides is 1. The first-order valence-electron chi connectivity index (χ1n) is 4.68. The first kappa shape index (κ1) is 14.6. The summed E-state index contributed by atoms with van der Waals surface area (Å²) < 4.78 is 35.3. The predicted octanol–water partition coefficient (Wildman–Crippen LogP) is 2.71. The molecule has 0 aromatic heterocycles. The Bertz CT molecular complexity index is 208. The SMILES string of the molecule is CC(CCl)C(C)NC(=O)CCC(F)(F)F. The van der Waals surface area contributed by atoms with E-state index < -0.39 is 24.9 Å². The molecular formula is C9H15ClF3NO. The maximum Gasteiger partial charge on any atom is 0.389 e. The monoisotopic (exact) mass is 245 g/mol. The highest BCUT2D eigenvalue weighted by Crippen LogP contribution is 2.21. The lowest BCUT2D eigenvalue weighted by molar-refractivity contribution is -0.144. The number of hydrogen-bond acceptors (Lipinski definition) is 1. The van der Waals surface area contributed by atoms with Crippen LogP contribution in [0.2, 0.25) is 0 Å². The van der Waals surface area contributed by atoms with E-state index in [2.05, 4.69) is 5.32 Å². The third kappa shape index (κ3) is 7.48. The van der Waals surface area contributed by atoms with Crippen molar-refractivity contribution in [1.29, 1.82) is 0 Å². The quantitative estimate of drug-likeness (QED) is 0.742. The summed E-state index contributed by atoms with van der Waals surface area (Å²) in [4.78, 5) is 11.1. The lowest BCUT2D eigenvalue weighted by atomic mass is 10.1. The van der Waals surface area contributed by atoms with Gasteiger partial charge in [0.1, 0.15) is 0 Å². The summed E-state index contributed by atoms with van der Waals surface area (Å²) in [7, 11) is 0. The number of nitrogens with one attached hydrogen (secondary N) is 1. The minimum Gasteiger partial charge on any atom is -0.353 e. The molecule has 0 bridgehead atoms. The van der Waals surface area contributed by atoms with E-state index in [0.717, 1.165) is 0 Å². The van der Waals surface area contributed by atoms with Crippen molar-refractivity contribution in [1.82, 2.24) is 5.32 Å². The largest absolute Gasteiger partial charge is 0.389 e. The summed E-state index contributed by atoms with van der Waals surface area (Å²) >= 11 is 5.55. The molecule has 2 unspecified atom stereocenters. The summed E-state index contributed by atoms with van der Waals surface area (Å²) in [6.45, 7) is 3.54. The van der Waals surface area contributed by atoms with E-state index in [9.17, 15) is 18.0 Å². The molecule has 0 saturated heterocycles. The molecule has 0 spiro atoms. The van der Waals surface area contributed by atoms with Gasteiger partial charge in [-0.2, -0.15) is 13.2 Å². The Hall–Kier alpha value is -0.450. The van der Waals surface area contributed by atoms with E-state index in [1.807, 2.05) is 6.92 Å². The molecule has 2 atom stereocenters. The van der Waals surface area contributed by atoms with Crippen LogP contribution in [-0.4, -0.2) is 24.0 Å². The van der Waals surface area contributed by atoms with Crippen LogP contribution in [-0.2, 0) is 4.79 Å². The molecule has 1 amide bonds. The molecule has 0 aliphatic heterocycles. The van der Waals surface area contributed by atoms with Crippen molar-refractivity contribution >= 4 is 17.5 Å². The zero-order valence-electron chi connectivity index (χ0n) is 8.70. The lowest BCUT2D eigenvalue weighted by Gasteiger charge is -2.19. The Morgan fingerprint density at radius 2 is 1.93 bits per heavy atom. The van der Waals surface area contributed by atoms with Gasteiger partial charge in [0.15, 0.2) is 0 Å². The average molecular weight is 246 g/mol. The van der Waals surface area contributed by atoms with Crippen LogP contribution in [0.3, 0.4) is 0 Å². The van der Waals surface area contributed by atoms with Gasteiger partial charge in [-0.1, -0.05) is 6.92 Å². The van der Waals surface area contributed by atoms with Crippen molar-refractivity contribution in [3.8, 4) is 0 Å². The molecule has 0 rings (SSSR count). The van der Waals surface area contributed by atoms with Crippen LogP contribution in [0.4, 0.5) is 13.2 Å². The number of carbonyl (C=O) groups excluding carboxylic acids is 1. The second kappa shape index (κ2) is 6.20. The second-order valence-corrected chi connectivity index (χ2v) is 3.91. The third-order valence-corrected chi connectivity index (χ3v) is 2.61. The minimum atomic E-state index is -4.28. The molecule has 1 N–H and O–H groups in total. The maximum absolute atomic E-state index is 11.8. The van der Waals surface area contributed by atoms with Crippen LogP contribution in [0.1, 0.15) is 26.7 Å². The average Bonchev–Trinajstić information content (AvgIpc) is 2.12. The van der Waals surface area contributed by atoms with E-state index >= 15 is 0 Å².